The average Bonchev–Trinajstić information content (AvgIpc) is 3.01. The van der Waals surface area contributed by atoms with Crippen molar-refractivity contribution in [2.75, 3.05) is 17.8 Å². The van der Waals surface area contributed by atoms with E-state index in [9.17, 15) is 10.2 Å². The van der Waals surface area contributed by atoms with Gasteiger partial charge >= 0.3 is 0 Å². The van der Waals surface area contributed by atoms with Crippen LogP contribution in [0.3, 0.4) is 0 Å². The molecule has 1 aliphatic rings. The first-order chi connectivity index (χ1) is 10.1. The van der Waals surface area contributed by atoms with E-state index >= 15 is 0 Å². The number of aliphatic hydroxyl groups excluding tert-OH is 3. The van der Waals surface area contributed by atoms with E-state index in [0.717, 1.165) is 0 Å². The molecule has 0 radical (unpaired) electrons. The Balaban J connectivity index is 2.07. The van der Waals surface area contributed by atoms with Gasteiger partial charge in [0.1, 0.15) is 18.3 Å². The first kappa shape index (κ1) is 13.9. The summed E-state index contributed by atoms with van der Waals surface area (Å²) in [5, 5.41) is 28.9. The fourth-order valence-electron chi connectivity index (χ4n) is 2.33. The summed E-state index contributed by atoms with van der Waals surface area (Å²) in [6.07, 6.45) is -2.95. The highest BCUT2D eigenvalue weighted by molar-refractivity contribution is 5.83. The van der Waals surface area contributed by atoms with E-state index in [0.29, 0.717) is 5.52 Å². The normalized spacial score (nSPS) is 29.1. The van der Waals surface area contributed by atoms with Crippen LogP contribution in [0.25, 0.3) is 11.2 Å². The molecule has 3 heterocycles. The summed E-state index contributed by atoms with van der Waals surface area (Å²) in [6, 6.07) is 0. The Hall–Kier alpha value is -2.05. The lowest BCUT2D eigenvalue weighted by atomic mass is 10.1. The van der Waals surface area contributed by atoms with Crippen LogP contribution < -0.4 is 17.0 Å². The van der Waals surface area contributed by atoms with Gasteiger partial charge in [0, 0.05) is 0 Å². The molecule has 0 unspecified atom stereocenters. The second-order valence-electron chi connectivity index (χ2n) is 4.63. The van der Waals surface area contributed by atoms with Gasteiger partial charge in [-0.15, -0.1) is 0 Å². The molecule has 1 aliphatic heterocycles. The van der Waals surface area contributed by atoms with E-state index in [1.165, 1.54) is 10.9 Å². The number of aromatic nitrogens is 4. The molecule has 1 saturated heterocycles. The molecule has 1 fully saturated rings. The number of fused-ring (bicyclic) bond motifs is 1. The van der Waals surface area contributed by atoms with Crippen LogP contribution in [0.5, 0.6) is 0 Å². The van der Waals surface area contributed by atoms with Crippen molar-refractivity contribution in [1.82, 2.24) is 19.5 Å². The third-order valence-corrected chi connectivity index (χ3v) is 3.37. The molecule has 0 bridgehead atoms. The van der Waals surface area contributed by atoms with Crippen molar-refractivity contribution in [3.63, 3.8) is 0 Å². The lowest BCUT2D eigenvalue weighted by Crippen LogP contribution is -2.33. The zero-order chi connectivity index (χ0) is 15.1. The molecule has 0 spiro atoms. The minimum atomic E-state index is -1.25. The third-order valence-electron chi connectivity index (χ3n) is 3.37. The highest BCUT2D eigenvalue weighted by Gasteiger charge is 2.44. The first-order valence-electron chi connectivity index (χ1n) is 6.16. The topological polar surface area (TPSA) is 178 Å². The molecule has 2 aromatic rings. The van der Waals surface area contributed by atoms with E-state index in [1.807, 2.05) is 0 Å². The molecular weight excluding hydrogens is 282 g/mol. The molecule has 0 aromatic carbocycles. The quantitative estimate of drug-likeness (QED) is 0.258. The summed E-state index contributed by atoms with van der Waals surface area (Å²) in [6.45, 7) is -0.423. The Morgan fingerprint density at radius 2 is 2.10 bits per heavy atom. The molecule has 11 nitrogen and oxygen atoms in total. The van der Waals surface area contributed by atoms with Gasteiger partial charge in [0.25, 0.3) is 0 Å². The Morgan fingerprint density at radius 3 is 2.71 bits per heavy atom. The Morgan fingerprint density at radius 1 is 1.33 bits per heavy atom. The Labute approximate surface area is 118 Å². The maximum atomic E-state index is 10.0. The minimum Gasteiger partial charge on any atom is -0.394 e. The van der Waals surface area contributed by atoms with Crippen molar-refractivity contribution in [3.05, 3.63) is 6.33 Å². The van der Waals surface area contributed by atoms with E-state index in [1.54, 1.807) is 0 Å². The van der Waals surface area contributed by atoms with Crippen molar-refractivity contribution in [1.29, 1.82) is 0 Å². The molecular formula is C10H15N7O4. The minimum absolute atomic E-state index is 0.0380. The van der Waals surface area contributed by atoms with Gasteiger partial charge in [-0.3, -0.25) is 4.57 Å². The molecule has 0 saturated carbocycles. The maximum absolute atomic E-state index is 10.0. The summed E-state index contributed by atoms with van der Waals surface area (Å²) < 4.78 is 6.82. The standard InChI is InChI=1S/C10H15N7O4/c11-10-14-7(16-12)4-8(15-10)17(2-13-4)9-6(20)5(19)3(1-18)21-9/h2-3,5-6,9,18-20H,1,12H2,(H3,11,14,15,16)/t3-,5-,6-,9-/m1/s1. The van der Waals surface area contributed by atoms with Crippen LogP contribution in [0, 0.1) is 0 Å². The molecule has 0 amide bonds. The summed E-state index contributed by atoms with van der Waals surface area (Å²) >= 11 is 0. The van der Waals surface area contributed by atoms with Crippen LogP contribution in [0.2, 0.25) is 0 Å². The lowest BCUT2D eigenvalue weighted by Gasteiger charge is -2.16. The predicted octanol–water partition coefficient (Wildman–Crippen LogP) is -2.69. The SMILES string of the molecule is NNc1nc(N)nc2c1ncn2[C@@H]1O[C@H](CO)[C@@H](O)[C@H]1O. The second kappa shape index (κ2) is 5.05. The smallest absolute Gasteiger partial charge is 0.224 e. The van der Waals surface area contributed by atoms with Gasteiger partial charge in [-0.25, -0.2) is 10.8 Å². The molecule has 0 aliphatic carbocycles. The lowest BCUT2D eigenvalue weighted by molar-refractivity contribution is -0.0511. The second-order valence-corrected chi connectivity index (χ2v) is 4.63. The van der Waals surface area contributed by atoms with Crippen LogP contribution in [-0.2, 0) is 4.74 Å². The number of nitrogen functional groups attached to an aromatic ring is 2. The number of nitrogens with zero attached hydrogens (tertiary/aromatic N) is 4. The highest BCUT2D eigenvalue weighted by Crippen LogP contribution is 2.32. The number of anilines is 2. The number of nitrogens with one attached hydrogen (secondary N) is 1. The van der Waals surface area contributed by atoms with Gasteiger partial charge in [0.15, 0.2) is 23.2 Å². The zero-order valence-electron chi connectivity index (χ0n) is 10.8. The van der Waals surface area contributed by atoms with E-state index in [-0.39, 0.29) is 17.4 Å². The zero-order valence-corrected chi connectivity index (χ0v) is 10.8. The molecule has 4 atom stereocenters. The van der Waals surface area contributed by atoms with Gasteiger partial charge in [-0.1, -0.05) is 0 Å². The first-order valence-corrected chi connectivity index (χ1v) is 6.16. The number of ether oxygens (including phenoxy) is 1. The van der Waals surface area contributed by atoms with Gasteiger partial charge in [0.05, 0.1) is 12.9 Å². The molecule has 114 valence electrons. The summed E-state index contributed by atoms with van der Waals surface area (Å²) in [7, 11) is 0. The molecule has 3 rings (SSSR count). The highest BCUT2D eigenvalue weighted by atomic mass is 16.6. The number of hydrogen-bond donors (Lipinski definition) is 6. The summed E-state index contributed by atoms with van der Waals surface area (Å²) in [4.78, 5) is 12.0. The number of rotatable bonds is 3. The molecule has 8 N–H and O–H groups in total. The van der Waals surface area contributed by atoms with E-state index in [4.69, 9.17) is 21.4 Å². The van der Waals surface area contributed by atoms with Gasteiger partial charge in [0.2, 0.25) is 5.95 Å². The predicted molar refractivity (Wildman–Crippen MR) is 70.6 cm³/mol. The number of aliphatic hydroxyl groups is 3. The summed E-state index contributed by atoms with van der Waals surface area (Å²) in [5.41, 5.74) is 8.57. The fraction of sp³-hybridized carbons (Fsp3) is 0.500. The van der Waals surface area contributed by atoms with Crippen LogP contribution in [0.15, 0.2) is 6.33 Å². The number of imidazole rings is 1. The molecule has 11 heteroatoms. The fourth-order valence-corrected chi connectivity index (χ4v) is 2.33. The monoisotopic (exact) mass is 297 g/mol. The summed E-state index contributed by atoms with van der Waals surface area (Å²) in [5.74, 6) is 5.53. The largest absolute Gasteiger partial charge is 0.394 e. The Bertz CT molecular complexity index is 662. The third kappa shape index (κ3) is 2.07. The van der Waals surface area contributed by atoms with Crippen LogP contribution in [0.1, 0.15) is 6.23 Å². The van der Waals surface area contributed by atoms with Crippen molar-refractivity contribution < 1.29 is 20.1 Å². The van der Waals surface area contributed by atoms with Gasteiger partial charge in [-0.2, -0.15) is 9.97 Å². The average molecular weight is 297 g/mol. The number of nitrogens with two attached hydrogens (primary N) is 2. The molecule has 2 aromatic heterocycles. The van der Waals surface area contributed by atoms with E-state index < -0.39 is 31.1 Å². The van der Waals surface area contributed by atoms with Crippen LogP contribution in [-0.4, -0.2) is 59.8 Å². The van der Waals surface area contributed by atoms with Crippen LogP contribution >= 0.6 is 0 Å². The Kier molecular flexibility index (Phi) is 3.35. The van der Waals surface area contributed by atoms with Crippen molar-refractivity contribution in [2.45, 2.75) is 24.5 Å². The van der Waals surface area contributed by atoms with Crippen LogP contribution in [0.4, 0.5) is 11.8 Å². The maximum Gasteiger partial charge on any atom is 0.224 e. The number of hydrazine groups is 1. The van der Waals surface area contributed by atoms with Crippen molar-refractivity contribution in [3.8, 4) is 0 Å². The van der Waals surface area contributed by atoms with Gasteiger partial charge < -0.3 is 31.2 Å². The molecule has 21 heavy (non-hydrogen) atoms. The van der Waals surface area contributed by atoms with E-state index in [2.05, 4.69) is 20.4 Å². The number of hydrogen-bond acceptors (Lipinski definition) is 10. The van der Waals surface area contributed by atoms with Crippen molar-refractivity contribution >= 4 is 22.9 Å². The van der Waals surface area contributed by atoms with Crippen molar-refractivity contribution in [2.24, 2.45) is 5.84 Å². The van der Waals surface area contributed by atoms with Gasteiger partial charge in [-0.05, 0) is 0 Å².